The van der Waals surface area contributed by atoms with Crippen molar-refractivity contribution in [1.82, 2.24) is 20.1 Å². The van der Waals surface area contributed by atoms with Crippen molar-refractivity contribution in [2.75, 3.05) is 26.7 Å². The first-order chi connectivity index (χ1) is 16.0. The molecule has 33 heavy (non-hydrogen) atoms. The summed E-state index contributed by atoms with van der Waals surface area (Å²) >= 11 is 0. The maximum Gasteiger partial charge on any atom is 0.318 e. The van der Waals surface area contributed by atoms with Gasteiger partial charge in [0.25, 0.3) is 0 Å². The molecule has 4 atom stereocenters. The van der Waals surface area contributed by atoms with Crippen molar-refractivity contribution in [2.24, 2.45) is 10.1 Å². The fraction of sp³-hybridized carbons (Fsp3) is 0.522. The van der Waals surface area contributed by atoms with Gasteiger partial charge in [-0.2, -0.15) is 5.10 Å². The number of amides is 2. The molecule has 2 N–H and O–H groups in total. The third kappa shape index (κ3) is 4.27. The highest BCUT2D eigenvalue weighted by Crippen LogP contribution is 2.38. The number of halogens is 1. The summed E-state index contributed by atoms with van der Waals surface area (Å²) in [5.41, 5.74) is 0.810. The number of methoxy groups -OCH3 is 1. The van der Waals surface area contributed by atoms with Crippen LogP contribution in [-0.2, 0) is 0 Å². The maximum atomic E-state index is 14.0. The Morgan fingerprint density at radius 2 is 2.12 bits per heavy atom. The number of amidine groups is 1. The van der Waals surface area contributed by atoms with Gasteiger partial charge in [-0.15, -0.1) is 0 Å². The standard InChI is InChI=1S/C23H29FN6O3/c1-33-20-7-6-15(24)12-17(20)19-5-3-10-29(19)21-8-11-30-22(27-21)18(13-25-30)26-23(32)28-9-2-4-16(31)14-28/h6-8,11-13,16,18-19,22,31H,2-5,9-10,14H2,1H3,(H,26,32)/t16-,18?,19+,22?/m0/s1. The first-order valence-corrected chi connectivity index (χ1v) is 11.5. The lowest BCUT2D eigenvalue weighted by molar-refractivity contribution is 0.0833. The normalized spacial score (nSPS) is 28.7. The van der Waals surface area contributed by atoms with E-state index in [1.165, 1.54) is 12.1 Å². The molecule has 10 heteroatoms. The number of rotatable bonds is 3. The summed E-state index contributed by atoms with van der Waals surface area (Å²) in [6.45, 7) is 1.76. The van der Waals surface area contributed by atoms with Crippen molar-refractivity contribution in [2.45, 2.75) is 50.0 Å². The van der Waals surface area contributed by atoms with Gasteiger partial charge >= 0.3 is 6.03 Å². The van der Waals surface area contributed by atoms with Gasteiger partial charge in [0.2, 0.25) is 0 Å². The van der Waals surface area contributed by atoms with Gasteiger partial charge in [-0.3, -0.25) is 0 Å². The molecule has 4 aliphatic heterocycles. The molecule has 1 aromatic carbocycles. The minimum absolute atomic E-state index is 0.0456. The van der Waals surface area contributed by atoms with Gasteiger partial charge < -0.3 is 25.0 Å². The molecule has 0 spiro atoms. The third-order valence-electron chi connectivity index (χ3n) is 6.67. The Balaban J connectivity index is 1.33. The number of ether oxygens (including phenoxy) is 1. The molecular formula is C23H29FN6O3. The highest BCUT2D eigenvalue weighted by molar-refractivity contribution is 5.95. The predicted octanol–water partition coefficient (Wildman–Crippen LogP) is 2.06. The second kappa shape index (κ2) is 9.01. The van der Waals surface area contributed by atoms with Crippen molar-refractivity contribution in [1.29, 1.82) is 0 Å². The lowest BCUT2D eigenvalue weighted by Crippen LogP contribution is -2.53. The minimum Gasteiger partial charge on any atom is -0.496 e. The van der Waals surface area contributed by atoms with Crippen LogP contribution in [0.1, 0.15) is 37.3 Å². The van der Waals surface area contributed by atoms with E-state index in [-0.39, 0.29) is 30.1 Å². The van der Waals surface area contributed by atoms with E-state index >= 15 is 0 Å². The highest BCUT2D eigenvalue weighted by atomic mass is 19.1. The van der Waals surface area contributed by atoms with Crippen LogP contribution in [0.4, 0.5) is 9.18 Å². The van der Waals surface area contributed by atoms with Crippen LogP contribution in [0, 0.1) is 5.82 Å². The first kappa shape index (κ1) is 21.7. The zero-order valence-corrected chi connectivity index (χ0v) is 18.6. The number of carbonyl (C=O) groups is 1. The summed E-state index contributed by atoms with van der Waals surface area (Å²) in [4.78, 5) is 21.5. The number of benzene rings is 1. The lowest BCUT2D eigenvalue weighted by Gasteiger charge is -2.34. The molecule has 4 aliphatic rings. The maximum absolute atomic E-state index is 14.0. The average molecular weight is 457 g/mol. The van der Waals surface area contributed by atoms with Crippen LogP contribution in [0.25, 0.3) is 0 Å². The number of aliphatic hydroxyl groups excluding tert-OH is 1. The number of carbonyl (C=O) groups excluding carboxylic acids is 1. The third-order valence-corrected chi connectivity index (χ3v) is 6.67. The van der Waals surface area contributed by atoms with E-state index in [1.807, 2.05) is 12.3 Å². The van der Waals surface area contributed by atoms with Gasteiger partial charge in [0, 0.05) is 31.4 Å². The zero-order chi connectivity index (χ0) is 22.9. The van der Waals surface area contributed by atoms with Crippen LogP contribution in [-0.4, -0.2) is 83.1 Å². The van der Waals surface area contributed by atoms with Crippen LogP contribution in [0.5, 0.6) is 5.75 Å². The van der Waals surface area contributed by atoms with Crippen molar-refractivity contribution < 1.29 is 19.0 Å². The van der Waals surface area contributed by atoms with Crippen LogP contribution in [0.2, 0.25) is 0 Å². The number of fused-ring (bicyclic) bond motifs is 1. The topological polar surface area (TPSA) is 93.0 Å². The summed E-state index contributed by atoms with van der Waals surface area (Å²) in [5.74, 6) is 1.15. The number of urea groups is 1. The molecule has 0 aliphatic carbocycles. The van der Waals surface area contributed by atoms with Gasteiger partial charge in [-0.25, -0.2) is 19.2 Å². The summed E-state index contributed by atoms with van der Waals surface area (Å²) in [6, 6.07) is 3.95. The number of aliphatic imine (C=N–C) groups is 1. The number of aliphatic hydroxyl groups is 1. The van der Waals surface area contributed by atoms with Crippen molar-refractivity contribution >= 4 is 18.1 Å². The number of hydrogen-bond acceptors (Lipinski definition) is 7. The predicted molar refractivity (Wildman–Crippen MR) is 121 cm³/mol. The van der Waals surface area contributed by atoms with Gasteiger partial charge in [0.05, 0.1) is 25.5 Å². The summed E-state index contributed by atoms with van der Waals surface area (Å²) < 4.78 is 19.5. The Bertz CT molecular complexity index is 998. The van der Waals surface area contributed by atoms with E-state index < -0.39 is 6.10 Å². The summed E-state index contributed by atoms with van der Waals surface area (Å²) in [5, 5.41) is 19.0. The molecule has 2 unspecified atom stereocenters. The van der Waals surface area contributed by atoms with Crippen LogP contribution in [0.3, 0.4) is 0 Å². The monoisotopic (exact) mass is 456 g/mol. The lowest BCUT2D eigenvalue weighted by atomic mass is 10.0. The molecule has 5 rings (SSSR count). The first-order valence-electron chi connectivity index (χ1n) is 11.5. The van der Waals surface area contributed by atoms with E-state index in [0.717, 1.165) is 43.6 Å². The number of hydrogen-bond donors (Lipinski definition) is 2. The van der Waals surface area contributed by atoms with E-state index in [1.54, 1.807) is 29.3 Å². The van der Waals surface area contributed by atoms with E-state index in [0.29, 0.717) is 18.8 Å². The van der Waals surface area contributed by atoms with E-state index in [2.05, 4.69) is 15.3 Å². The molecule has 9 nitrogen and oxygen atoms in total. The minimum atomic E-state index is -0.479. The Labute approximate surface area is 192 Å². The molecule has 4 heterocycles. The Hall–Kier alpha value is -3.14. The fourth-order valence-electron chi connectivity index (χ4n) is 5.03. The van der Waals surface area contributed by atoms with Crippen LogP contribution < -0.4 is 10.1 Å². The van der Waals surface area contributed by atoms with Gasteiger partial charge in [-0.05, 0) is 50.0 Å². The molecule has 0 radical (unpaired) electrons. The van der Waals surface area contributed by atoms with Crippen molar-refractivity contribution in [3.63, 3.8) is 0 Å². The number of nitrogens with zero attached hydrogens (tertiary/aromatic N) is 5. The largest absolute Gasteiger partial charge is 0.496 e. The summed E-state index contributed by atoms with van der Waals surface area (Å²) in [7, 11) is 1.59. The Morgan fingerprint density at radius 3 is 2.94 bits per heavy atom. The SMILES string of the molecule is COc1ccc(F)cc1[C@H]1CCCN1C1=NC2C(NC(=O)N3CCC[C@H](O)C3)C=NN2C=C1. The second-order valence-electron chi connectivity index (χ2n) is 8.82. The Morgan fingerprint density at radius 1 is 1.27 bits per heavy atom. The number of likely N-dealkylation sites (tertiary alicyclic amines) is 2. The molecule has 0 bridgehead atoms. The molecule has 2 amide bonds. The molecule has 1 aromatic rings. The summed E-state index contributed by atoms with van der Waals surface area (Å²) in [6.07, 6.45) is 7.92. The quantitative estimate of drug-likeness (QED) is 0.726. The van der Waals surface area contributed by atoms with E-state index in [4.69, 9.17) is 9.73 Å². The van der Waals surface area contributed by atoms with E-state index in [9.17, 15) is 14.3 Å². The molecular weight excluding hydrogens is 427 g/mol. The Kier molecular flexibility index (Phi) is 5.92. The van der Waals surface area contributed by atoms with Gasteiger partial charge in [0.1, 0.15) is 23.4 Å². The van der Waals surface area contributed by atoms with Crippen molar-refractivity contribution in [3.05, 3.63) is 41.9 Å². The smallest absolute Gasteiger partial charge is 0.318 e. The van der Waals surface area contributed by atoms with Crippen molar-refractivity contribution in [3.8, 4) is 5.75 Å². The molecule has 176 valence electrons. The number of piperidine rings is 1. The average Bonchev–Trinajstić information content (AvgIpc) is 3.46. The number of nitrogens with one attached hydrogen (secondary N) is 1. The second-order valence-corrected chi connectivity index (χ2v) is 8.82. The fourth-order valence-corrected chi connectivity index (χ4v) is 5.03. The van der Waals surface area contributed by atoms with Crippen LogP contribution >= 0.6 is 0 Å². The molecule has 0 aromatic heterocycles. The molecule has 0 saturated carbocycles. The number of β-amino-alcohol motifs (C(OH)–C–C–N with tert-alkyl or cyclic N) is 1. The number of hydrazone groups is 1. The molecule has 2 saturated heterocycles. The highest BCUT2D eigenvalue weighted by Gasteiger charge is 2.37. The van der Waals surface area contributed by atoms with Crippen LogP contribution in [0.15, 0.2) is 40.6 Å². The molecule has 2 fully saturated rings. The zero-order valence-electron chi connectivity index (χ0n) is 18.6. The van der Waals surface area contributed by atoms with Gasteiger partial charge in [-0.1, -0.05) is 0 Å². The van der Waals surface area contributed by atoms with Gasteiger partial charge in [0.15, 0.2) is 6.17 Å².